The van der Waals surface area contributed by atoms with Gasteiger partial charge in [0.25, 0.3) is 5.56 Å². The van der Waals surface area contributed by atoms with Gasteiger partial charge >= 0.3 is 0 Å². The number of imidazole rings is 1. The number of carbonyl (C=O) groups excluding carboxylic acids is 1. The third-order valence-corrected chi connectivity index (χ3v) is 2.27. The number of ketones is 1. The lowest BCUT2D eigenvalue weighted by molar-refractivity contribution is -0.117. The van der Waals surface area contributed by atoms with E-state index >= 15 is 0 Å². The summed E-state index contributed by atoms with van der Waals surface area (Å²) in [6, 6.07) is 0. The summed E-state index contributed by atoms with van der Waals surface area (Å²) < 4.78 is 1.41. The van der Waals surface area contributed by atoms with Crippen molar-refractivity contribution >= 4 is 29.2 Å². The molecule has 0 atom stereocenters. The molecule has 0 aliphatic rings. The van der Waals surface area contributed by atoms with Crippen molar-refractivity contribution in [3.63, 3.8) is 0 Å². The smallest absolute Gasteiger partial charge is 0.280 e. The van der Waals surface area contributed by atoms with Gasteiger partial charge in [0, 0.05) is 0 Å². The molecule has 0 bridgehead atoms. The van der Waals surface area contributed by atoms with Crippen molar-refractivity contribution in [2.24, 2.45) is 0 Å². The van der Waals surface area contributed by atoms with Crippen LogP contribution in [0.5, 0.6) is 0 Å². The van der Waals surface area contributed by atoms with Gasteiger partial charge in [-0.05, 0) is 19.1 Å². The largest absolute Gasteiger partial charge is 0.339 e. The third-order valence-electron chi connectivity index (χ3n) is 1.95. The average Bonchev–Trinajstić information content (AvgIpc) is 2.59. The molecule has 7 heteroatoms. The summed E-state index contributed by atoms with van der Waals surface area (Å²) in [7, 11) is 0. The second-order valence-electron chi connectivity index (χ2n) is 3.15. The van der Waals surface area contributed by atoms with E-state index < -0.39 is 0 Å². The van der Waals surface area contributed by atoms with Crippen LogP contribution in [0.3, 0.4) is 0 Å². The Labute approximate surface area is 89.0 Å². The number of Topliss-reactive ketones (excluding diaryl/α,β-unsaturated/α-hetero) is 1. The van der Waals surface area contributed by atoms with Crippen molar-refractivity contribution in [1.29, 1.82) is 0 Å². The van der Waals surface area contributed by atoms with Crippen LogP contribution in [0, 0.1) is 4.77 Å². The van der Waals surface area contributed by atoms with Crippen molar-refractivity contribution in [1.82, 2.24) is 19.5 Å². The molecule has 2 aromatic heterocycles. The maximum atomic E-state index is 11.8. The first-order valence-electron chi connectivity index (χ1n) is 4.25. The van der Waals surface area contributed by atoms with Crippen molar-refractivity contribution in [3.8, 4) is 0 Å². The summed E-state index contributed by atoms with van der Waals surface area (Å²) in [5.41, 5.74) is 0.399. The molecule has 2 N–H and O–H groups in total. The molecular formula is C8H8N4O2S. The number of carbonyl (C=O) groups is 1. The predicted octanol–water partition coefficient (Wildman–Crippen LogP) is 0.371. The van der Waals surface area contributed by atoms with E-state index in [0.717, 1.165) is 0 Å². The van der Waals surface area contributed by atoms with Crippen LogP contribution in [0.2, 0.25) is 0 Å². The molecule has 6 nitrogen and oxygen atoms in total. The highest BCUT2D eigenvalue weighted by molar-refractivity contribution is 7.71. The molecule has 2 aromatic rings. The van der Waals surface area contributed by atoms with E-state index in [1.54, 1.807) is 0 Å². The van der Waals surface area contributed by atoms with E-state index in [9.17, 15) is 9.59 Å². The van der Waals surface area contributed by atoms with Gasteiger partial charge in [-0.15, -0.1) is 0 Å². The fourth-order valence-electron chi connectivity index (χ4n) is 1.31. The molecule has 0 aliphatic heterocycles. The fourth-order valence-corrected chi connectivity index (χ4v) is 1.56. The number of nitrogens with zero attached hydrogens (tertiary/aromatic N) is 2. The monoisotopic (exact) mass is 224 g/mol. The first kappa shape index (κ1) is 9.78. The molecule has 0 saturated heterocycles. The Morgan fingerprint density at radius 1 is 1.67 bits per heavy atom. The zero-order chi connectivity index (χ0) is 11.0. The van der Waals surface area contributed by atoms with Crippen molar-refractivity contribution in [2.45, 2.75) is 13.5 Å². The van der Waals surface area contributed by atoms with Crippen molar-refractivity contribution in [2.75, 3.05) is 0 Å². The average molecular weight is 224 g/mol. The first-order valence-corrected chi connectivity index (χ1v) is 4.66. The van der Waals surface area contributed by atoms with E-state index in [1.165, 1.54) is 17.8 Å². The Bertz CT molecular complexity index is 636. The molecule has 2 heterocycles. The Morgan fingerprint density at radius 3 is 3.07 bits per heavy atom. The van der Waals surface area contributed by atoms with E-state index in [-0.39, 0.29) is 22.7 Å². The molecule has 2 rings (SSSR count). The molecule has 15 heavy (non-hydrogen) atoms. The Balaban J connectivity index is 2.78. The minimum atomic E-state index is -0.332. The minimum absolute atomic E-state index is 0.0247. The van der Waals surface area contributed by atoms with Crippen LogP contribution in [-0.4, -0.2) is 25.3 Å². The summed E-state index contributed by atoms with van der Waals surface area (Å²) >= 11 is 4.95. The van der Waals surface area contributed by atoms with Gasteiger partial charge in [0.1, 0.15) is 11.3 Å². The Morgan fingerprint density at radius 2 is 2.40 bits per heavy atom. The maximum absolute atomic E-state index is 11.8. The van der Waals surface area contributed by atoms with Crippen molar-refractivity contribution < 1.29 is 4.79 Å². The number of aromatic nitrogens is 4. The zero-order valence-corrected chi connectivity index (χ0v) is 8.72. The lowest BCUT2D eigenvalue weighted by atomic mass is 10.4. The summed E-state index contributed by atoms with van der Waals surface area (Å²) in [5.74, 6) is -0.129. The first-order chi connectivity index (χ1) is 7.09. The molecule has 0 unspecified atom stereocenters. The van der Waals surface area contributed by atoms with Gasteiger partial charge in [-0.25, -0.2) is 4.98 Å². The second kappa shape index (κ2) is 3.43. The van der Waals surface area contributed by atoms with Gasteiger partial charge in [0.05, 0.1) is 12.9 Å². The highest BCUT2D eigenvalue weighted by atomic mass is 32.1. The van der Waals surface area contributed by atoms with Crippen LogP contribution in [0.1, 0.15) is 6.92 Å². The van der Waals surface area contributed by atoms with Gasteiger partial charge in [-0.2, -0.15) is 0 Å². The van der Waals surface area contributed by atoms with Crippen LogP contribution in [0.15, 0.2) is 11.1 Å². The van der Waals surface area contributed by atoms with Crippen LogP contribution in [-0.2, 0) is 11.3 Å². The summed E-state index contributed by atoms with van der Waals surface area (Å²) in [6.45, 7) is 1.38. The van der Waals surface area contributed by atoms with Gasteiger partial charge in [0.15, 0.2) is 10.4 Å². The standard InChI is InChI=1S/C8H8N4O2S/c1-4(13)2-12-7(14)5-6(10-3-9-5)11-8(12)15/h3H,2H2,1H3,(H,9,10)(H,11,15). The number of aromatic amines is 2. The topological polar surface area (TPSA) is 83.5 Å². The number of nitrogens with one attached hydrogen (secondary N) is 2. The maximum Gasteiger partial charge on any atom is 0.280 e. The highest BCUT2D eigenvalue weighted by Crippen LogP contribution is 1.99. The van der Waals surface area contributed by atoms with Crippen molar-refractivity contribution in [3.05, 3.63) is 21.5 Å². The zero-order valence-electron chi connectivity index (χ0n) is 7.90. The fraction of sp³-hybridized carbons (Fsp3) is 0.250. The van der Waals surface area contributed by atoms with Crippen LogP contribution in [0.25, 0.3) is 11.2 Å². The number of hydrogen-bond donors (Lipinski definition) is 2. The van der Waals surface area contributed by atoms with Gasteiger partial charge in [-0.3, -0.25) is 14.2 Å². The summed E-state index contributed by atoms with van der Waals surface area (Å²) in [5, 5.41) is 0. The molecular weight excluding hydrogens is 216 g/mol. The summed E-state index contributed by atoms with van der Waals surface area (Å²) in [4.78, 5) is 32.1. The molecule has 0 radical (unpaired) electrons. The molecule has 0 amide bonds. The lowest BCUT2D eigenvalue weighted by Gasteiger charge is -2.02. The van der Waals surface area contributed by atoms with Gasteiger partial charge < -0.3 is 9.97 Å². The molecule has 78 valence electrons. The molecule has 0 aliphatic carbocycles. The highest BCUT2D eigenvalue weighted by Gasteiger charge is 2.08. The van der Waals surface area contributed by atoms with Crippen LogP contribution < -0.4 is 5.56 Å². The third kappa shape index (κ3) is 1.61. The lowest BCUT2D eigenvalue weighted by Crippen LogP contribution is -2.25. The van der Waals surface area contributed by atoms with Crippen LogP contribution in [0.4, 0.5) is 0 Å². The van der Waals surface area contributed by atoms with E-state index in [1.807, 2.05) is 0 Å². The quantitative estimate of drug-likeness (QED) is 0.722. The summed E-state index contributed by atoms with van der Waals surface area (Å²) in [6.07, 6.45) is 1.40. The van der Waals surface area contributed by atoms with E-state index in [2.05, 4.69) is 15.0 Å². The predicted molar refractivity (Wildman–Crippen MR) is 56.2 cm³/mol. The van der Waals surface area contributed by atoms with Gasteiger partial charge in [-0.1, -0.05) is 0 Å². The van der Waals surface area contributed by atoms with E-state index in [0.29, 0.717) is 11.2 Å². The molecule has 0 saturated carbocycles. The van der Waals surface area contributed by atoms with Crippen LogP contribution >= 0.6 is 12.2 Å². The molecule has 0 aromatic carbocycles. The number of H-pyrrole nitrogens is 2. The van der Waals surface area contributed by atoms with Gasteiger partial charge in [0.2, 0.25) is 0 Å². The minimum Gasteiger partial charge on any atom is -0.339 e. The number of fused-ring (bicyclic) bond motifs is 1. The van der Waals surface area contributed by atoms with E-state index in [4.69, 9.17) is 12.2 Å². The number of rotatable bonds is 2. The second-order valence-corrected chi connectivity index (χ2v) is 3.54. The SMILES string of the molecule is CC(=O)Cn1c(=S)[nH]c2nc[nH]c2c1=O. The number of hydrogen-bond acceptors (Lipinski definition) is 4. The Hall–Kier alpha value is -1.76. The normalized spacial score (nSPS) is 10.7. The molecule has 0 spiro atoms. The molecule has 0 fully saturated rings. The Kier molecular flexibility index (Phi) is 2.24.